The van der Waals surface area contributed by atoms with Crippen molar-refractivity contribution in [3.05, 3.63) is 68.8 Å². The summed E-state index contributed by atoms with van der Waals surface area (Å²) >= 11 is 1.47. The Hall–Kier alpha value is -2.86. The van der Waals surface area contributed by atoms with E-state index in [0.717, 1.165) is 35.3 Å². The largest absolute Gasteiger partial charge is 0.379 e. The van der Waals surface area contributed by atoms with E-state index in [9.17, 15) is 18.5 Å². The molecule has 1 unspecified atom stereocenters. The molecule has 1 saturated heterocycles. The predicted molar refractivity (Wildman–Crippen MR) is 149 cm³/mol. The quantitative estimate of drug-likeness (QED) is 0.232. The fourth-order valence-electron chi connectivity index (χ4n) is 4.51. The highest BCUT2D eigenvalue weighted by Crippen LogP contribution is 2.29. The van der Waals surface area contributed by atoms with Crippen LogP contribution in [0.3, 0.4) is 0 Å². The molecule has 2 heterocycles. The van der Waals surface area contributed by atoms with Crippen LogP contribution in [0.4, 0.5) is 11.4 Å². The van der Waals surface area contributed by atoms with Crippen LogP contribution in [-0.2, 0) is 14.8 Å². The molecule has 3 aromatic rings. The Morgan fingerprint density at radius 1 is 1.08 bits per heavy atom. The van der Waals surface area contributed by atoms with E-state index in [1.807, 2.05) is 11.4 Å². The molecule has 0 spiro atoms. The summed E-state index contributed by atoms with van der Waals surface area (Å²) in [5, 5.41) is 13.4. The molecule has 1 atom stereocenters. The molecule has 0 aliphatic carbocycles. The van der Waals surface area contributed by atoms with Crippen molar-refractivity contribution in [1.82, 2.24) is 8.87 Å². The normalized spacial score (nSPS) is 16.2. The molecule has 1 aliphatic heterocycles. The third-order valence-corrected chi connectivity index (χ3v) is 9.36. The van der Waals surface area contributed by atoms with E-state index in [1.54, 1.807) is 36.4 Å². The number of non-ortho nitro benzene ring substituents is 1. The molecule has 1 aliphatic rings. The minimum Gasteiger partial charge on any atom is -0.379 e. The molecule has 0 amide bonds. The SMILES string of the molecule is CC(C)CCCC(C)n1c(-c2cccc([N+](=O)[O-])c2)csc1=Nc1ccc(S(=O)(=O)N2CCOCC2)cc1. The van der Waals surface area contributed by atoms with E-state index < -0.39 is 10.0 Å². The Morgan fingerprint density at radius 3 is 2.45 bits per heavy atom. The Balaban J connectivity index is 1.70. The molecule has 11 heteroatoms. The van der Waals surface area contributed by atoms with Crippen LogP contribution >= 0.6 is 11.3 Å². The first-order valence-electron chi connectivity index (χ1n) is 12.8. The molecule has 38 heavy (non-hydrogen) atoms. The molecule has 1 fully saturated rings. The summed E-state index contributed by atoms with van der Waals surface area (Å²) in [5.41, 5.74) is 2.32. The predicted octanol–water partition coefficient (Wildman–Crippen LogP) is 5.77. The number of rotatable bonds is 10. The van der Waals surface area contributed by atoms with Crippen LogP contribution in [0, 0.1) is 16.0 Å². The van der Waals surface area contributed by atoms with Crippen molar-refractivity contribution in [2.75, 3.05) is 26.3 Å². The zero-order valence-electron chi connectivity index (χ0n) is 21.9. The molecule has 9 nitrogen and oxygen atoms in total. The van der Waals surface area contributed by atoms with Crippen molar-refractivity contribution in [2.24, 2.45) is 10.9 Å². The van der Waals surface area contributed by atoms with Gasteiger partial charge in [0.15, 0.2) is 4.80 Å². The van der Waals surface area contributed by atoms with Crippen molar-refractivity contribution in [2.45, 2.75) is 51.0 Å². The number of hydrogen-bond donors (Lipinski definition) is 0. The second-order valence-corrected chi connectivity index (χ2v) is 12.7. The van der Waals surface area contributed by atoms with Gasteiger partial charge < -0.3 is 9.30 Å². The zero-order chi connectivity index (χ0) is 27.3. The highest BCUT2D eigenvalue weighted by molar-refractivity contribution is 7.89. The van der Waals surface area contributed by atoms with Crippen LogP contribution in [-0.4, -0.2) is 48.5 Å². The molecule has 0 N–H and O–H groups in total. The van der Waals surface area contributed by atoms with Gasteiger partial charge in [0.1, 0.15) is 0 Å². The van der Waals surface area contributed by atoms with Gasteiger partial charge in [0.25, 0.3) is 5.69 Å². The number of aromatic nitrogens is 1. The average molecular weight is 559 g/mol. The fourth-order valence-corrected chi connectivity index (χ4v) is 6.93. The van der Waals surface area contributed by atoms with Crippen molar-refractivity contribution in [3.8, 4) is 11.3 Å². The topological polar surface area (TPSA) is 107 Å². The first-order valence-corrected chi connectivity index (χ1v) is 15.2. The fraction of sp³-hybridized carbons (Fsp3) is 0.444. The Kier molecular flexibility index (Phi) is 9.14. The van der Waals surface area contributed by atoms with Crippen LogP contribution in [0.5, 0.6) is 0 Å². The van der Waals surface area contributed by atoms with Crippen molar-refractivity contribution >= 4 is 32.7 Å². The van der Waals surface area contributed by atoms with Crippen molar-refractivity contribution < 1.29 is 18.1 Å². The number of sulfonamides is 1. The Morgan fingerprint density at radius 2 is 1.79 bits per heavy atom. The highest BCUT2D eigenvalue weighted by atomic mass is 32.2. The minimum atomic E-state index is -3.58. The van der Waals surface area contributed by atoms with Gasteiger partial charge in [0, 0.05) is 42.2 Å². The maximum atomic E-state index is 13.0. The van der Waals surface area contributed by atoms with Gasteiger partial charge in [-0.1, -0.05) is 38.8 Å². The summed E-state index contributed by atoms with van der Waals surface area (Å²) in [6, 6.07) is 13.4. The molecular weight excluding hydrogens is 524 g/mol. The summed E-state index contributed by atoms with van der Waals surface area (Å²) in [7, 11) is -3.58. The lowest BCUT2D eigenvalue weighted by atomic mass is 10.0. The van der Waals surface area contributed by atoms with Gasteiger partial charge in [-0.2, -0.15) is 4.31 Å². The molecule has 4 rings (SSSR count). The standard InChI is InChI=1S/C27H34N4O5S2/c1-20(2)6-4-7-21(3)30-26(22-8-5-9-24(18-22)31(32)33)19-37-27(30)28-23-10-12-25(13-11-23)38(34,35)29-14-16-36-17-15-29/h5,8-13,18-21H,4,6-7,14-17H2,1-3H3. The third kappa shape index (κ3) is 6.58. The third-order valence-electron chi connectivity index (χ3n) is 6.61. The van der Waals surface area contributed by atoms with Gasteiger partial charge >= 0.3 is 0 Å². The Bertz CT molecular complexity index is 1420. The zero-order valence-corrected chi connectivity index (χ0v) is 23.6. The number of nitrogens with zero attached hydrogens (tertiary/aromatic N) is 4. The maximum absolute atomic E-state index is 13.0. The summed E-state index contributed by atoms with van der Waals surface area (Å²) in [6.07, 6.45) is 3.12. The van der Waals surface area contributed by atoms with Gasteiger partial charge in [-0.05, 0) is 43.5 Å². The molecule has 0 radical (unpaired) electrons. The first-order chi connectivity index (χ1) is 18.2. The van der Waals surface area contributed by atoms with Crippen LogP contribution in [0.25, 0.3) is 11.3 Å². The molecule has 2 aromatic carbocycles. The van der Waals surface area contributed by atoms with Gasteiger partial charge in [0.2, 0.25) is 10.0 Å². The van der Waals surface area contributed by atoms with E-state index in [2.05, 4.69) is 25.3 Å². The van der Waals surface area contributed by atoms with Gasteiger partial charge in [-0.25, -0.2) is 13.4 Å². The lowest BCUT2D eigenvalue weighted by Crippen LogP contribution is -2.40. The molecule has 0 saturated carbocycles. The van der Waals surface area contributed by atoms with E-state index in [0.29, 0.717) is 37.9 Å². The number of morpholine rings is 1. The summed E-state index contributed by atoms with van der Waals surface area (Å²) in [6.45, 7) is 8.05. The number of hydrogen-bond acceptors (Lipinski definition) is 7. The van der Waals surface area contributed by atoms with E-state index in [-0.39, 0.29) is 21.5 Å². The molecule has 204 valence electrons. The smallest absolute Gasteiger partial charge is 0.270 e. The number of benzene rings is 2. The van der Waals surface area contributed by atoms with Crippen LogP contribution < -0.4 is 4.80 Å². The number of ether oxygens (including phenoxy) is 1. The number of nitro benzene ring substituents is 1. The average Bonchev–Trinajstić information content (AvgIpc) is 3.33. The molecule has 1 aromatic heterocycles. The lowest BCUT2D eigenvalue weighted by Gasteiger charge is -2.26. The summed E-state index contributed by atoms with van der Waals surface area (Å²) in [4.78, 5) is 16.9. The van der Waals surface area contributed by atoms with Crippen molar-refractivity contribution in [3.63, 3.8) is 0 Å². The van der Waals surface area contributed by atoms with Crippen LogP contribution in [0.15, 0.2) is 63.8 Å². The van der Waals surface area contributed by atoms with Crippen molar-refractivity contribution in [1.29, 1.82) is 0 Å². The minimum absolute atomic E-state index is 0.0447. The maximum Gasteiger partial charge on any atom is 0.270 e. The summed E-state index contributed by atoms with van der Waals surface area (Å²) in [5.74, 6) is 0.613. The van der Waals surface area contributed by atoms with E-state index in [4.69, 9.17) is 9.73 Å². The molecule has 0 bridgehead atoms. The first kappa shape index (κ1) is 28.2. The second-order valence-electron chi connectivity index (χ2n) is 9.88. The summed E-state index contributed by atoms with van der Waals surface area (Å²) < 4.78 is 34.8. The van der Waals surface area contributed by atoms with E-state index >= 15 is 0 Å². The van der Waals surface area contributed by atoms with Crippen LogP contribution in [0.2, 0.25) is 0 Å². The van der Waals surface area contributed by atoms with E-state index in [1.165, 1.54) is 21.7 Å². The monoisotopic (exact) mass is 558 g/mol. The van der Waals surface area contributed by atoms with Gasteiger partial charge in [-0.15, -0.1) is 11.3 Å². The number of thiazole rings is 1. The lowest BCUT2D eigenvalue weighted by molar-refractivity contribution is -0.384. The van der Waals surface area contributed by atoms with Gasteiger partial charge in [0.05, 0.1) is 34.4 Å². The highest BCUT2D eigenvalue weighted by Gasteiger charge is 2.26. The van der Waals surface area contributed by atoms with Gasteiger partial charge in [-0.3, -0.25) is 10.1 Å². The number of nitro groups is 1. The Labute approximate surface area is 227 Å². The molecular formula is C27H34N4O5S2. The van der Waals surface area contributed by atoms with Crippen LogP contribution in [0.1, 0.15) is 46.1 Å². The second kappa shape index (κ2) is 12.3.